The third-order valence-corrected chi connectivity index (χ3v) is 6.01. The molecular formula is C28H35F2N3O3. The van der Waals surface area contributed by atoms with Gasteiger partial charge in [0.2, 0.25) is 5.88 Å². The number of hydrogen-bond acceptors (Lipinski definition) is 5. The van der Waals surface area contributed by atoms with Crippen molar-refractivity contribution in [1.82, 2.24) is 14.7 Å². The Kier molecular flexibility index (Phi) is 8.07. The molecule has 8 heteroatoms. The van der Waals surface area contributed by atoms with Crippen molar-refractivity contribution in [3.05, 3.63) is 65.7 Å². The van der Waals surface area contributed by atoms with Crippen LogP contribution in [0.1, 0.15) is 39.2 Å². The van der Waals surface area contributed by atoms with Gasteiger partial charge in [-0.1, -0.05) is 30.3 Å². The Morgan fingerprint density at radius 2 is 1.86 bits per heavy atom. The Balaban J connectivity index is 1.65. The van der Waals surface area contributed by atoms with Gasteiger partial charge >= 0.3 is 0 Å². The number of rotatable bonds is 11. The average molecular weight is 500 g/mol. The summed E-state index contributed by atoms with van der Waals surface area (Å²) in [5.41, 5.74) is 2.06. The standard InChI is InChI=1S/C28H35F2N3O3/c1-28(2,3)35-18-22(34)16-33(15-19-10-11-19)17-23-26(20-8-6-5-7-9-20)31-32(4)27(23)36-25-13-12-21(29)14-24(25)30/h5-9,12-14,19,22,34H,10-11,15-18H2,1-4H3/t22-/m0/s1. The Hall–Kier alpha value is -2.81. The van der Waals surface area contributed by atoms with Crippen LogP contribution in [0.4, 0.5) is 8.78 Å². The van der Waals surface area contributed by atoms with Crippen LogP contribution in [0.2, 0.25) is 0 Å². The third kappa shape index (κ3) is 7.12. The smallest absolute Gasteiger partial charge is 0.222 e. The summed E-state index contributed by atoms with van der Waals surface area (Å²) in [6.45, 7) is 7.79. The summed E-state index contributed by atoms with van der Waals surface area (Å²) >= 11 is 0. The van der Waals surface area contributed by atoms with Crippen molar-refractivity contribution >= 4 is 0 Å². The van der Waals surface area contributed by atoms with E-state index in [-0.39, 0.29) is 18.0 Å². The van der Waals surface area contributed by atoms with Gasteiger partial charge in [-0.2, -0.15) is 5.10 Å². The number of aliphatic hydroxyl groups is 1. The van der Waals surface area contributed by atoms with Gasteiger partial charge in [0.15, 0.2) is 11.6 Å². The van der Waals surface area contributed by atoms with Crippen LogP contribution in [-0.4, -0.2) is 51.2 Å². The Morgan fingerprint density at radius 1 is 1.14 bits per heavy atom. The summed E-state index contributed by atoms with van der Waals surface area (Å²) in [4.78, 5) is 2.19. The number of aryl methyl sites for hydroxylation is 1. The molecule has 0 spiro atoms. The average Bonchev–Trinajstić information content (AvgIpc) is 3.58. The molecule has 1 saturated carbocycles. The molecule has 1 N–H and O–H groups in total. The maximum absolute atomic E-state index is 14.5. The molecule has 1 aliphatic rings. The molecule has 1 aromatic heterocycles. The topological polar surface area (TPSA) is 59.8 Å². The highest BCUT2D eigenvalue weighted by Gasteiger charge is 2.29. The van der Waals surface area contributed by atoms with Crippen LogP contribution in [0.25, 0.3) is 11.3 Å². The van der Waals surface area contributed by atoms with Gasteiger partial charge in [0.05, 0.1) is 23.9 Å². The van der Waals surface area contributed by atoms with Crippen molar-refractivity contribution in [3.63, 3.8) is 0 Å². The van der Waals surface area contributed by atoms with Crippen LogP contribution in [0.3, 0.4) is 0 Å². The van der Waals surface area contributed by atoms with Gasteiger partial charge in [-0.05, 0) is 51.7 Å². The second-order valence-electron chi connectivity index (χ2n) is 10.5. The summed E-state index contributed by atoms with van der Waals surface area (Å²) in [6, 6.07) is 13.0. The first kappa shape index (κ1) is 26.3. The molecule has 2 aromatic carbocycles. The predicted molar refractivity (Wildman–Crippen MR) is 135 cm³/mol. The molecule has 0 saturated heterocycles. The number of nitrogens with zero attached hydrogens (tertiary/aromatic N) is 3. The van der Waals surface area contributed by atoms with E-state index in [0.29, 0.717) is 24.9 Å². The molecule has 194 valence electrons. The van der Waals surface area contributed by atoms with E-state index in [1.807, 2.05) is 51.1 Å². The molecule has 36 heavy (non-hydrogen) atoms. The Labute approximate surface area is 211 Å². The number of benzene rings is 2. The van der Waals surface area contributed by atoms with Crippen LogP contribution in [-0.2, 0) is 18.3 Å². The fraction of sp³-hybridized carbons (Fsp3) is 0.464. The van der Waals surface area contributed by atoms with Crippen LogP contribution >= 0.6 is 0 Å². The molecule has 6 nitrogen and oxygen atoms in total. The van der Waals surface area contributed by atoms with E-state index < -0.39 is 17.7 Å². The van der Waals surface area contributed by atoms with E-state index >= 15 is 0 Å². The van der Waals surface area contributed by atoms with E-state index in [1.165, 1.54) is 6.07 Å². The fourth-order valence-corrected chi connectivity index (χ4v) is 4.10. The van der Waals surface area contributed by atoms with Gasteiger partial charge in [0.25, 0.3) is 0 Å². The number of ether oxygens (including phenoxy) is 2. The fourth-order valence-electron chi connectivity index (χ4n) is 4.10. The minimum absolute atomic E-state index is 0.0763. The van der Waals surface area contributed by atoms with Crippen molar-refractivity contribution in [2.24, 2.45) is 13.0 Å². The molecule has 1 atom stereocenters. The monoisotopic (exact) mass is 499 g/mol. The largest absolute Gasteiger partial charge is 0.436 e. The molecule has 1 fully saturated rings. The van der Waals surface area contributed by atoms with Crippen LogP contribution in [0.5, 0.6) is 11.6 Å². The minimum Gasteiger partial charge on any atom is -0.436 e. The zero-order chi connectivity index (χ0) is 25.9. The van der Waals surface area contributed by atoms with E-state index in [1.54, 1.807) is 11.7 Å². The summed E-state index contributed by atoms with van der Waals surface area (Å²) < 4.78 is 41.3. The van der Waals surface area contributed by atoms with Crippen molar-refractivity contribution in [3.8, 4) is 22.9 Å². The van der Waals surface area contributed by atoms with Gasteiger partial charge in [-0.3, -0.25) is 4.90 Å². The molecule has 4 rings (SSSR count). The Bertz CT molecular complexity index is 1160. The maximum atomic E-state index is 14.5. The van der Waals surface area contributed by atoms with Gasteiger partial charge in [-0.15, -0.1) is 0 Å². The van der Waals surface area contributed by atoms with Crippen molar-refractivity contribution in [1.29, 1.82) is 0 Å². The lowest BCUT2D eigenvalue weighted by atomic mass is 10.1. The molecule has 0 bridgehead atoms. The highest BCUT2D eigenvalue weighted by Crippen LogP contribution is 2.36. The lowest BCUT2D eigenvalue weighted by Crippen LogP contribution is -2.37. The molecule has 0 amide bonds. The van der Waals surface area contributed by atoms with E-state index in [2.05, 4.69) is 4.90 Å². The van der Waals surface area contributed by atoms with Gasteiger partial charge in [0.1, 0.15) is 11.5 Å². The summed E-state index contributed by atoms with van der Waals surface area (Å²) in [5.74, 6) is -0.574. The van der Waals surface area contributed by atoms with Crippen molar-refractivity contribution in [2.45, 2.75) is 51.9 Å². The lowest BCUT2D eigenvalue weighted by molar-refractivity contribution is -0.0569. The van der Waals surface area contributed by atoms with Crippen molar-refractivity contribution in [2.75, 3.05) is 19.7 Å². The SMILES string of the molecule is Cn1nc(-c2ccccc2)c(CN(CC2CC2)C[C@H](O)COC(C)(C)C)c1Oc1ccc(F)cc1F. The number of aliphatic hydroxyl groups excluding tert-OH is 1. The summed E-state index contributed by atoms with van der Waals surface area (Å²) in [7, 11) is 1.74. The second-order valence-corrected chi connectivity index (χ2v) is 10.5. The van der Waals surface area contributed by atoms with Crippen LogP contribution in [0, 0.1) is 17.6 Å². The molecule has 0 unspecified atom stereocenters. The third-order valence-electron chi connectivity index (χ3n) is 6.01. The first-order chi connectivity index (χ1) is 17.1. The number of halogens is 2. The highest BCUT2D eigenvalue weighted by molar-refractivity contribution is 5.65. The van der Waals surface area contributed by atoms with E-state index in [9.17, 15) is 13.9 Å². The normalized spacial score (nSPS) is 14.9. The van der Waals surface area contributed by atoms with E-state index in [4.69, 9.17) is 14.6 Å². The molecule has 1 aliphatic carbocycles. The van der Waals surface area contributed by atoms with Gasteiger partial charge < -0.3 is 14.6 Å². The second kappa shape index (κ2) is 11.1. The van der Waals surface area contributed by atoms with Gasteiger partial charge in [0, 0.05) is 38.3 Å². The predicted octanol–water partition coefficient (Wildman–Crippen LogP) is 5.55. The van der Waals surface area contributed by atoms with Crippen LogP contribution in [0.15, 0.2) is 48.5 Å². The molecular weight excluding hydrogens is 464 g/mol. The Morgan fingerprint density at radius 3 is 2.50 bits per heavy atom. The van der Waals surface area contributed by atoms with Crippen molar-refractivity contribution < 1.29 is 23.4 Å². The molecule has 1 heterocycles. The number of hydrogen-bond donors (Lipinski definition) is 1. The molecule has 0 aliphatic heterocycles. The highest BCUT2D eigenvalue weighted by atomic mass is 19.1. The number of aromatic nitrogens is 2. The van der Waals surface area contributed by atoms with Crippen LogP contribution < -0.4 is 4.74 Å². The quantitative estimate of drug-likeness (QED) is 0.375. The maximum Gasteiger partial charge on any atom is 0.222 e. The first-order valence-corrected chi connectivity index (χ1v) is 12.4. The summed E-state index contributed by atoms with van der Waals surface area (Å²) in [6.07, 6.45) is 1.65. The first-order valence-electron chi connectivity index (χ1n) is 12.4. The van der Waals surface area contributed by atoms with E-state index in [0.717, 1.165) is 48.3 Å². The minimum atomic E-state index is -0.784. The molecule has 0 radical (unpaired) electrons. The summed E-state index contributed by atoms with van der Waals surface area (Å²) in [5, 5.41) is 15.4. The van der Waals surface area contributed by atoms with Gasteiger partial charge in [-0.25, -0.2) is 13.5 Å². The lowest BCUT2D eigenvalue weighted by Gasteiger charge is -2.27. The zero-order valence-electron chi connectivity index (χ0n) is 21.4. The molecule has 3 aromatic rings. The zero-order valence-corrected chi connectivity index (χ0v) is 21.4.